The van der Waals surface area contributed by atoms with Gasteiger partial charge in [-0.15, -0.1) is 0 Å². The fourth-order valence-electron chi connectivity index (χ4n) is 3.48. The summed E-state index contributed by atoms with van der Waals surface area (Å²) in [5.41, 5.74) is 0. The molecule has 5 atom stereocenters. The highest BCUT2D eigenvalue weighted by molar-refractivity contribution is 4.97. The third kappa shape index (κ3) is 0.681. The van der Waals surface area contributed by atoms with Crippen LogP contribution in [0.2, 0.25) is 0 Å². The molecule has 0 nitrogen and oxygen atoms in total. The lowest BCUT2D eigenvalue weighted by molar-refractivity contribution is 0.0701. The third-order valence-corrected chi connectivity index (χ3v) is 3.93. The zero-order chi connectivity index (χ0) is 7.30. The van der Waals surface area contributed by atoms with Crippen LogP contribution in [0.25, 0.3) is 0 Å². The maximum absolute atomic E-state index is 2.44. The first-order valence-corrected chi connectivity index (χ1v) is 4.70. The molecule has 2 fully saturated rings. The monoisotopic (exact) mass is 138 g/mol. The molecule has 5 unspecified atom stereocenters. The fourth-order valence-corrected chi connectivity index (χ4v) is 3.48. The van der Waals surface area contributed by atoms with Crippen LogP contribution in [0.3, 0.4) is 0 Å². The van der Waals surface area contributed by atoms with Gasteiger partial charge in [0.2, 0.25) is 0 Å². The minimum Gasteiger partial charge on any atom is -0.0622 e. The molecule has 0 amide bonds. The molecule has 0 aliphatic heterocycles. The molecule has 2 aliphatic rings. The molecule has 0 aromatic carbocycles. The lowest BCUT2D eigenvalue weighted by Gasteiger charge is -2.42. The Morgan fingerprint density at radius 1 is 0.800 bits per heavy atom. The predicted octanol–water partition coefficient (Wildman–Crippen LogP) is 2.93. The van der Waals surface area contributed by atoms with Crippen molar-refractivity contribution >= 4 is 0 Å². The van der Waals surface area contributed by atoms with Gasteiger partial charge < -0.3 is 0 Å². The zero-order valence-corrected chi connectivity index (χ0v) is 7.30. The van der Waals surface area contributed by atoms with Gasteiger partial charge in [0.05, 0.1) is 0 Å². The Morgan fingerprint density at radius 3 is 1.80 bits per heavy atom. The Kier molecular flexibility index (Phi) is 1.33. The maximum Gasteiger partial charge on any atom is -0.0331 e. The van der Waals surface area contributed by atoms with E-state index in [-0.39, 0.29) is 0 Å². The van der Waals surface area contributed by atoms with E-state index < -0.39 is 0 Å². The van der Waals surface area contributed by atoms with Crippen molar-refractivity contribution in [3.8, 4) is 0 Å². The Bertz CT molecular complexity index is 139. The Labute approximate surface area is 64.0 Å². The second kappa shape index (κ2) is 1.99. The van der Waals surface area contributed by atoms with Crippen LogP contribution in [0.15, 0.2) is 0 Å². The lowest BCUT2D eigenvalue weighted by atomic mass is 9.63. The summed E-state index contributed by atoms with van der Waals surface area (Å²) in [4.78, 5) is 0. The largest absolute Gasteiger partial charge is 0.0622 e. The molecule has 2 rings (SSSR count). The van der Waals surface area contributed by atoms with E-state index in [0.717, 1.165) is 29.6 Å². The van der Waals surface area contributed by atoms with E-state index >= 15 is 0 Å². The topological polar surface area (TPSA) is 0 Å². The van der Waals surface area contributed by atoms with E-state index in [4.69, 9.17) is 0 Å². The van der Waals surface area contributed by atoms with Crippen LogP contribution in [-0.2, 0) is 0 Å². The van der Waals surface area contributed by atoms with Crippen molar-refractivity contribution in [2.45, 2.75) is 33.6 Å². The second-order valence-electron chi connectivity index (χ2n) is 4.64. The first kappa shape index (κ1) is 6.69. The second-order valence-corrected chi connectivity index (χ2v) is 4.64. The van der Waals surface area contributed by atoms with Crippen molar-refractivity contribution < 1.29 is 0 Å². The van der Waals surface area contributed by atoms with Gasteiger partial charge in [-0.1, -0.05) is 20.8 Å². The van der Waals surface area contributed by atoms with Gasteiger partial charge in [0.25, 0.3) is 0 Å². The van der Waals surface area contributed by atoms with Crippen LogP contribution >= 0.6 is 0 Å². The van der Waals surface area contributed by atoms with E-state index in [1.54, 1.807) is 0 Å². The average Bonchev–Trinajstić information content (AvgIpc) is 2.01. The minimum absolute atomic E-state index is 1.03. The molecule has 0 bridgehead atoms. The van der Waals surface area contributed by atoms with E-state index in [1.165, 1.54) is 12.8 Å². The number of hydrogen-bond donors (Lipinski definition) is 0. The molecule has 0 N–H and O–H groups in total. The quantitative estimate of drug-likeness (QED) is 0.483. The van der Waals surface area contributed by atoms with Crippen LogP contribution in [0, 0.1) is 29.6 Å². The summed E-state index contributed by atoms with van der Waals surface area (Å²) >= 11 is 0. The van der Waals surface area contributed by atoms with E-state index in [2.05, 4.69) is 20.8 Å². The van der Waals surface area contributed by atoms with Gasteiger partial charge in [-0.25, -0.2) is 0 Å². The molecule has 2 aliphatic carbocycles. The molecular formula is C10H18. The summed E-state index contributed by atoms with van der Waals surface area (Å²) in [7, 11) is 0. The zero-order valence-electron chi connectivity index (χ0n) is 7.30. The SMILES string of the molecule is CC1CC(C)C2C(C)CC12. The molecule has 0 radical (unpaired) electrons. The summed E-state index contributed by atoms with van der Waals surface area (Å²) in [5, 5.41) is 0. The van der Waals surface area contributed by atoms with Crippen LogP contribution in [0.1, 0.15) is 33.6 Å². The third-order valence-electron chi connectivity index (χ3n) is 3.93. The van der Waals surface area contributed by atoms with Crippen molar-refractivity contribution in [1.29, 1.82) is 0 Å². The van der Waals surface area contributed by atoms with Gasteiger partial charge in [-0.3, -0.25) is 0 Å². The molecule has 0 aromatic heterocycles. The highest BCUT2D eigenvalue weighted by Crippen LogP contribution is 2.56. The first-order valence-electron chi connectivity index (χ1n) is 4.70. The minimum atomic E-state index is 1.03. The summed E-state index contributed by atoms with van der Waals surface area (Å²) in [6.07, 6.45) is 3.02. The molecule has 0 heterocycles. The number of rotatable bonds is 0. The summed E-state index contributed by atoms with van der Waals surface area (Å²) in [5.74, 6) is 5.34. The van der Waals surface area contributed by atoms with E-state index in [1.807, 2.05) is 0 Å². The van der Waals surface area contributed by atoms with Crippen LogP contribution < -0.4 is 0 Å². The molecule has 0 saturated heterocycles. The normalized spacial score (nSPS) is 59.7. The van der Waals surface area contributed by atoms with Crippen LogP contribution in [0.4, 0.5) is 0 Å². The number of fused-ring (bicyclic) bond motifs is 1. The van der Waals surface area contributed by atoms with Gasteiger partial charge >= 0.3 is 0 Å². The van der Waals surface area contributed by atoms with Crippen molar-refractivity contribution in [3.05, 3.63) is 0 Å². The Balaban J connectivity index is 2.09. The van der Waals surface area contributed by atoms with E-state index in [9.17, 15) is 0 Å². The molecule has 0 aromatic rings. The van der Waals surface area contributed by atoms with Crippen molar-refractivity contribution in [3.63, 3.8) is 0 Å². The molecular weight excluding hydrogens is 120 g/mol. The van der Waals surface area contributed by atoms with Crippen LogP contribution in [0.5, 0.6) is 0 Å². The predicted molar refractivity (Wildman–Crippen MR) is 43.7 cm³/mol. The van der Waals surface area contributed by atoms with Crippen molar-refractivity contribution in [2.75, 3.05) is 0 Å². The van der Waals surface area contributed by atoms with Gasteiger partial charge in [-0.2, -0.15) is 0 Å². The average molecular weight is 138 g/mol. The fraction of sp³-hybridized carbons (Fsp3) is 1.00. The Hall–Kier alpha value is 0. The maximum atomic E-state index is 2.44. The summed E-state index contributed by atoms with van der Waals surface area (Å²) in [6.45, 7) is 7.31. The smallest absolute Gasteiger partial charge is 0.0331 e. The molecule has 10 heavy (non-hydrogen) atoms. The van der Waals surface area contributed by atoms with Crippen molar-refractivity contribution in [2.24, 2.45) is 29.6 Å². The lowest BCUT2D eigenvalue weighted by Crippen LogP contribution is -2.35. The Morgan fingerprint density at radius 2 is 1.40 bits per heavy atom. The number of hydrogen-bond acceptors (Lipinski definition) is 0. The highest BCUT2D eigenvalue weighted by Gasteiger charge is 2.48. The standard InChI is InChI=1S/C10H18/c1-6-4-7(2)10-8(3)5-9(6)10/h6-10H,4-5H2,1-3H3. The van der Waals surface area contributed by atoms with Gasteiger partial charge in [0.15, 0.2) is 0 Å². The molecule has 0 heteroatoms. The summed E-state index contributed by atoms with van der Waals surface area (Å²) < 4.78 is 0. The molecule has 58 valence electrons. The summed E-state index contributed by atoms with van der Waals surface area (Å²) in [6, 6.07) is 0. The van der Waals surface area contributed by atoms with Gasteiger partial charge in [0, 0.05) is 0 Å². The highest BCUT2D eigenvalue weighted by atomic mass is 14.5. The van der Waals surface area contributed by atoms with E-state index in [0.29, 0.717) is 0 Å². The van der Waals surface area contributed by atoms with Gasteiger partial charge in [0.1, 0.15) is 0 Å². The molecule has 2 saturated carbocycles. The van der Waals surface area contributed by atoms with Gasteiger partial charge in [-0.05, 0) is 42.4 Å². The molecule has 0 spiro atoms. The first-order chi connectivity index (χ1) is 4.70. The van der Waals surface area contributed by atoms with Crippen molar-refractivity contribution in [1.82, 2.24) is 0 Å². The van der Waals surface area contributed by atoms with Crippen LogP contribution in [-0.4, -0.2) is 0 Å².